The fraction of sp³-hybridized carbons (Fsp3) is 0.250. The zero-order chi connectivity index (χ0) is 12.4. The Labute approximate surface area is 99.2 Å². The Balaban J connectivity index is 2.49. The minimum Gasteiger partial charge on any atom is -0.271 e. The van der Waals surface area contributed by atoms with Crippen molar-refractivity contribution in [3.63, 3.8) is 0 Å². The lowest BCUT2D eigenvalue weighted by Gasteiger charge is -2.18. The Kier molecular flexibility index (Phi) is 3.21. The average molecular weight is 234 g/mol. The lowest BCUT2D eigenvalue weighted by atomic mass is 9.99. The smallest absolute Gasteiger partial charge is 0.123 e. The number of aryl methyl sites for hydroxylation is 2. The number of hydrazine groups is 1. The number of nitrogens with one attached hydrogen (secondary N) is 1. The summed E-state index contributed by atoms with van der Waals surface area (Å²) in [5.74, 6) is 5.30. The second-order valence-corrected chi connectivity index (χ2v) is 3.98. The summed E-state index contributed by atoms with van der Waals surface area (Å²) < 4.78 is 15.0. The third kappa shape index (κ3) is 2.20. The first kappa shape index (κ1) is 11.8. The molecular weight excluding hydrogens is 219 g/mol. The van der Waals surface area contributed by atoms with E-state index in [1.807, 2.05) is 20.0 Å². The van der Waals surface area contributed by atoms with Crippen LogP contribution in [0.15, 0.2) is 30.5 Å². The maximum atomic E-state index is 13.3. The van der Waals surface area contributed by atoms with E-state index in [1.165, 1.54) is 12.1 Å². The monoisotopic (exact) mass is 234 g/mol. The second-order valence-electron chi connectivity index (χ2n) is 3.98. The molecule has 1 aromatic heterocycles. The molecule has 0 radical (unpaired) electrons. The van der Waals surface area contributed by atoms with Crippen LogP contribution >= 0.6 is 0 Å². The van der Waals surface area contributed by atoms with E-state index in [0.29, 0.717) is 0 Å². The van der Waals surface area contributed by atoms with E-state index >= 15 is 0 Å². The van der Waals surface area contributed by atoms with Gasteiger partial charge in [0.05, 0.1) is 11.7 Å². The van der Waals surface area contributed by atoms with Gasteiger partial charge in [0.2, 0.25) is 0 Å². The molecule has 90 valence electrons. The van der Waals surface area contributed by atoms with Gasteiger partial charge in [0.1, 0.15) is 5.82 Å². The van der Waals surface area contributed by atoms with Gasteiger partial charge < -0.3 is 0 Å². The molecule has 0 spiro atoms. The molecule has 0 saturated heterocycles. The molecule has 0 aliphatic rings. The third-order valence-electron chi connectivity index (χ3n) is 2.87. The first-order valence-electron chi connectivity index (χ1n) is 5.33. The van der Waals surface area contributed by atoms with Crippen molar-refractivity contribution in [3.8, 4) is 0 Å². The summed E-state index contributed by atoms with van der Waals surface area (Å²) in [6, 6.07) is 6.26. The van der Waals surface area contributed by atoms with Crippen LogP contribution in [0.25, 0.3) is 0 Å². The van der Waals surface area contributed by atoms with Crippen LogP contribution in [0, 0.1) is 12.7 Å². The van der Waals surface area contributed by atoms with E-state index in [1.54, 1.807) is 16.9 Å². The van der Waals surface area contributed by atoms with Crippen molar-refractivity contribution < 1.29 is 4.39 Å². The van der Waals surface area contributed by atoms with Crippen molar-refractivity contribution in [1.82, 2.24) is 15.2 Å². The topological polar surface area (TPSA) is 55.9 Å². The summed E-state index contributed by atoms with van der Waals surface area (Å²) in [5, 5.41) is 4.09. The van der Waals surface area contributed by atoms with Gasteiger partial charge in [0.25, 0.3) is 0 Å². The molecule has 1 unspecified atom stereocenters. The molecular formula is C12H15FN4. The van der Waals surface area contributed by atoms with Crippen molar-refractivity contribution in [2.24, 2.45) is 12.9 Å². The molecule has 1 aromatic carbocycles. The van der Waals surface area contributed by atoms with E-state index in [4.69, 9.17) is 5.84 Å². The number of hydrogen-bond acceptors (Lipinski definition) is 3. The average Bonchev–Trinajstić information content (AvgIpc) is 2.71. The predicted molar refractivity (Wildman–Crippen MR) is 63.5 cm³/mol. The van der Waals surface area contributed by atoms with Gasteiger partial charge in [-0.25, -0.2) is 9.82 Å². The van der Waals surface area contributed by atoms with Crippen LogP contribution in [-0.4, -0.2) is 9.78 Å². The molecule has 2 rings (SSSR count). The van der Waals surface area contributed by atoms with Gasteiger partial charge >= 0.3 is 0 Å². The number of aromatic nitrogens is 2. The van der Waals surface area contributed by atoms with Gasteiger partial charge in [0, 0.05) is 13.2 Å². The number of nitrogens with two attached hydrogens (primary N) is 1. The van der Waals surface area contributed by atoms with Crippen LogP contribution in [0.2, 0.25) is 0 Å². The van der Waals surface area contributed by atoms with E-state index in [9.17, 15) is 4.39 Å². The van der Waals surface area contributed by atoms with Gasteiger partial charge in [-0.15, -0.1) is 0 Å². The third-order valence-corrected chi connectivity index (χ3v) is 2.87. The molecule has 1 heterocycles. The standard InChI is InChI=1S/C12H15FN4/c1-8-3-4-9(13)7-10(8)12(16-14)11-5-6-15-17(11)2/h3-7,12,16H,14H2,1-2H3. The van der Waals surface area contributed by atoms with Crippen molar-refractivity contribution in [2.75, 3.05) is 0 Å². The number of benzene rings is 1. The van der Waals surface area contributed by atoms with Crippen molar-refractivity contribution in [2.45, 2.75) is 13.0 Å². The molecule has 0 aliphatic carbocycles. The van der Waals surface area contributed by atoms with Crippen LogP contribution in [0.3, 0.4) is 0 Å². The predicted octanol–water partition coefficient (Wildman–Crippen LogP) is 1.42. The molecule has 3 N–H and O–H groups in total. The number of hydrogen-bond donors (Lipinski definition) is 2. The Morgan fingerprint density at radius 3 is 2.76 bits per heavy atom. The molecule has 0 amide bonds. The SMILES string of the molecule is Cc1ccc(F)cc1C(NN)c1ccnn1C. The highest BCUT2D eigenvalue weighted by Gasteiger charge is 2.18. The zero-order valence-electron chi connectivity index (χ0n) is 9.81. The normalized spacial score (nSPS) is 12.7. The molecule has 4 nitrogen and oxygen atoms in total. The summed E-state index contributed by atoms with van der Waals surface area (Å²) in [6.45, 7) is 1.93. The molecule has 2 aromatic rings. The Bertz CT molecular complexity index is 521. The van der Waals surface area contributed by atoms with Crippen LogP contribution in [0.4, 0.5) is 4.39 Å². The highest BCUT2D eigenvalue weighted by Crippen LogP contribution is 2.24. The van der Waals surface area contributed by atoms with E-state index in [2.05, 4.69) is 10.5 Å². The van der Waals surface area contributed by atoms with Crippen molar-refractivity contribution in [1.29, 1.82) is 0 Å². The fourth-order valence-electron chi connectivity index (χ4n) is 1.92. The first-order valence-corrected chi connectivity index (χ1v) is 5.33. The van der Waals surface area contributed by atoms with E-state index in [0.717, 1.165) is 16.8 Å². The van der Waals surface area contributed by atoms with E-state index < -0.39 is 0 Å². The molecule has 0 bridgehead atoms. The molecule has 0 fully saturated rings. The van der Waals surface area contributed by atoms with Gasteiger partial charge in [-0.3, -0.25) is 10.5 Å². The number of rotatable bonds is 3. The largest absolute Gasteiger partial charge is 0.271 e. The minimum absolute atomic E-state index is 0.266. The lowest BCUT2D eigenvalue weighted by Crippen LogP contribution is -2.31. The minimum atomic E-state index is -0.270. The Morgan fingerprint density at radius 1 is 1.41 bits per heavy atom. The maximum absolute atomic E-state index is 13.3. The van der Waals surface area contributed by atoms with Gasteiger partial charge in [0.15, 0.2) is 0 Å². The first-order chi connectivity index (χ1) is 8.13. The van der Waals surface area contributed by atoms with Gasteiger partial charge in [-0.1, -0.05) is 6.07 Å². The summed E-state index contributed by atoms with van der Waals surface area (Å²) in [6.07, 6.45) is 1.69. The van der Waals surface area contributed by atoms with Crippen molar-refractivity contribution in [3.05, 3.63) is 53.1 Å². The molecule has 0 aliphatic heterocycles. The van der Waals surface area contributed by atoms with Crippen LogP contribution < -0.4 is 11.3 Å². The highest BCUT2D eigenvalue weighted by molar-refractivity contribution is 5.34. The fourth-order valence-corrected chi connectivity index (χ4v) is 1.92. The molecule has 17 heavy (non-hydrogen) atoms. The molecule has 0 saturated carbocycles. The summed E-state index contributed by atoms with van der Waals surface area (Å²) in [4.78, 5) is 0. The van der Waals surface area contributed by atoms with Crippen LogP contribution in [0.1, 0.15) is 22.9 Å². The maximum Gasteiger partial charge on any atom is 0.123 e. The highest BCUT2D eigenvalue weighted by atomic mass is 19.1. The Morgan fingerprint density at radius 2 is 2.18 bits per heavy atom. The number of halogens is 1. The number of nitrogens with zero attached hydrogens (tertiary/aromatic N) is 2. The summed E-state index contributed by atoms with van der Waals surface area (Å²) in [5.41, 5.74) is 5.39. The second kappa shape index (κ2) is 4.65. The summed E-state index contributed by atoms with van der Waals surface area (Å²) >= 11 is 0. The van der Waals surface area contributed by atoms with Crippen molar-refractivity contribution >= 4 is 0 Å². The lowest BCUT2D eigenvalue weighted by molar-refractivity contribution is 0.564. The zero-order valence-corrected chi connectivity index (χ0v) is 9.81. The van der Waals surface area contributed by atoms with Gasteiger partial charge in [-0.2, -0.15) is 5.10 Å². The molecule has 1 atom stereocenters. The quantitative estimate of drug-likeness (QED) is 0.624. The summed E-state index contributed by atoms with van der Waals surface area (Å²) in [7, 11) is 1.83. The van der Waals surface area contributed by atoms with E-state index in [-0.39, 0.29) is 11.9 Å². The van der Waals surface area contributed by atoms with Crippen LogP contribution in [0.5, 0.6) is 0 Å². The molecule has 5 heteroatoms. The van der Waals surface area contributed by atoms with Gasteiger partial charge in [-0.05, 0) is 36.2 Å². The Hall–Kier alpha value is -1.72. The van der Waals surface area contributed by atoms with Crippen LogP contribution in [-0.2, 0) is 7.05 Å².